The highest BCUT2D eigenvalue weighted by Gasteiger charge is 2.28. The Bertz CT molecular complexity index is 1030. The van der Waals surface area contributed by atoms with E-state index in [4.69, 9.17) is 16.3 Å². The van der Waals surface area contributed by atoms with Gasteiger partial charge in [0.1, 0.15) is 11.8 Å². The number of amides is 2. The zero-order valence-electron chi connectivity index (χ0n) is 18.5. The number of carbonyl (C=O) groups excluding carboxylic acids is 2. The van der Waals surface area contributed by atoms with Gasteiger partial charge < -0.3 is 15.0 Å². The van der Waals surface area contributed by atoms with Gasteiger partial charge in [-0.1, -0.05) is 35.9 Å². The van der Waals surface area contributed by atoms with Gasteiger partial charge in [0.2, 0.25) is 21.8 Å². The van der Waals surface area contributed by atoms with Crippen LogP contribution in [0.2, 0.25) is 5.02 Å². The molecule has 0 heterocycles. The fraction of sp³-hybridized carbons (Fsp3) is 0.364. The van der Waals surface area contributed by atoms with Crippen LogP contribution in [0.25, 0.3) is 0 Å². The molecule has 1 N–H and O–H groups in total. The molecule has 0 aliphatic rings. The van der Waals surface area contributed by atoms with Gasteiger partial charge in [-0.05, 0) is 42.3 Å². The molecule has 10 heteroatoms. The number of ether oxygens (including phenoxy) is 1. The normalized spacial score (nSPS) is 12.3. The lowest BCUT2D eigenvalue weighted by Gasteiger charge is -2.30. The number of rotatable bonds is 10. The zero-order chi connectivity index (χ0) is 23.9. The monoisotopic (exact) mass is 481 g/mol. The summed E-state index contributed by atoms with van der Waals surface area (Å²) in [5, 5.41) is 3.41. The molecule has 1 atom stereocenters. The fourth-order valence-corrected chi connectivity index (χ4v) is 3.32. The SMILES string of the molecule is COc1ccc(CN(C(=O)CN(C)S(C)(=O)=O)C(C)C(=O)NCc2ccc(Cl)cc2)cc1. The van der Waals surface area contributed by atoms with E-state index < -0.39 is 22.0 Å². The molecular weight excluding hydrogens is 454 g/mol. The van der Waals surface area contributed by atoms with Gasteiger partial charge in [-0.15, -0.1) is 0 Å². The van der Waals surface area contributed by atoms with E-state index in [1.807, 2.05) is 0 Å². The second kappa shape index (κ2) is 11.3. The van der Waals surface area contributed by atoms with Crippen molar-refractivity contribution in [1.82, 2.24) is 14.5 Å². The maximum absolute atomic E-state index is 13.0. The van der Waals surface area contributed by atoms with Gasteiger partial charge in [0.15, 0.2) is 0 Å². The minimum Gasteiger partial charge on any atom is -0.497 e. The molecular formula is C22H28ClN3O5S. The molecule has 0 aliphatic heterocycles. The van der Waals surface area contributed by atoms with Crippen LogP contribution in [0, 0.1) is 0 Å². The molecule has 2 rings (SSSR count). The summed E-state index contributed by atoms with van der Waals surface area (Å²) in [6.07, 6.45) is 1.02. The Labute approximate surface area is 194 Å². The Morgan fingerprint density at radius 2 is 1.62 bits per heavy atom. The topological polar surface area (TPSA) is 96.0 Å². The Morgan fingerprint density at radius 1 is 1.06 bits per heavy atom. The summed E-state index contributed by atoms with van der Waals surface area (Å²) < 4.78 is 29.6. The molecule has 32 heavy (non-hydrogen) atoms. The molecule has 0 spiro atoms. The third-order valence-corrected chi connectivity index (χ3v) is 6.50. The van der Waals surface area contributed by atoms with Gasteiger partial charge in [-0.2, -0.15) is 4.31 Å². The molecule has 0 saturated heterocycles. The minimum atomic E-state index is -3.55. The van der Waals surface area contributed by atoms with E-state index >= 15 is 0 Å². The average molecular weight is 482 g/mol. The molecule has 0 saturated carbocycles. The molecule has 0 aromatic heterocycles. The first-order valence-corrected chi connectivity index (χ1v) is 12.1. The predicted molar refractivity (Wildman–Crippen MR) is 124 cm³/mol. The maximum atomic E-state index is 13.0. The molecule has 0 bridgehead atoms. The van der Waals surface area contributed by atoms with Crippen molar-refractivity contribution < 1.29 is 22.7 Å². The van der Waals surface area contributed by atoms with Crippen LogP contribution in [0.1, 0.15) is 18.1 Å². The third-order valence-electron chi connectivity index (χ3n) is 4.98. The highest BCUT2D eigenvalue weighted by Crippen LogP contribution is 2.16. The van der Waals surface area contributed by atoms with E-state index in [-0.39, 0.29) is 25.5 Å². The van der Waals surface area contributed by atoms with Crippen LogP contribution in [-0.2, 0) is 32.7 Å². The first-order chi connectivity index (χ1) is 15.0. The van der Waals surface area contributed by atoms with Crippen molar-refractivity contribution in [3.63, 3.8) is 0 Å². The lowest BCUT2D eigenvalue weighted by Crippen LogP contribution is -2.50. The van der Waals surface area contributed by atoms with Crippen LogP contribution < -0.4 is 10.1 Å². The van der Waals surface area contributed by atoms with Crippen molar-refractivity contribution in [3.8, 4) is 5.75 Å². The van der Waals surface area contributed by atoms with Gasteiger partial charge in [0.05, 0.1) is 19.9 Å². The molecule has 2 aromatic rings. The number of sulfonamides is 1. The van der Waals surface area contributed by atoms with Crippen LogP contribution in [0.3, 0.4) is 0 Å². The number of methoxy groups -OCH3 is 1. The van der Waals surface area contributed by atoms with E-state index in [2.05, 4.69) is 5.32 Å². The fourth-order valence-electron chi connectivity index (χ4n) is 2.85. The highest BCUT2D eigenvalue weighted by molar-refractivity contribution is 7.88. The van der Waals surface area contributed by atoms with Crippen LogP contribution >= 0.6 is 11.6 Å². The summed E-state index contributed by atoms with van der Waals surface area (Å²) in [6.45, 7) is 1.65. The van der Waals surface area contributed by atoms with Crippen molar-refractivity contribution in [2.24, 2.45) is 0 Å². The number of benzene rings is 2. The molecule has 8 nitrogen and oxygen atoms in total. The first kappa shape index (κ1) is 25.6. The molecule has 0 radical (unpaired) electrons. The van der Waals surface area contributed by atoms with E-state index in [9.17, 15) is 18.0 Å². The molecule has 1 unspecified atom stereocenters. The number of halogens is 1. The summed E-state index contributed by atoms with van der Waals surface area (Å²) in [6, 6.07) is 13.3. The second-order valence-corrected chi connectivity index (χ2v) is 9.93. The second-order valence-electron chi connectivity index (χ2n) is 7.41. The highest BCUT2D eigenvalue weighted by atomic mass is 35.5. The quantitative estimate of drug-likeness (QED) is 0.561. The Balaban J connectivity index is 2.17. The van der Waals surface area contributed by atoms with Crippen LogP contribution in [0.5, 0.6) is 5.75 Å². The van der Waals surface area contributed by atoms with Gasteiger partial charge in [0.25, 0.3) is 0 Å². The Morgan fingerprint density at radius 3 is 2.16 bits per heavy atom. The molecule has 0 fully saturated rings. The van der Waals surface area contributed by atoms with Crippen LogP contribution in [0.4, 0.5) is 0 Å². The summed E-state index contributed by atoms with van der Waals surface area (Å²) in [5.74, 6) is -0.177. The van der Waals surface area contributed by atoms with Gasteiger partial charge in [0, 0.05) is 25.2 Å². The lowest BCUT2D eigenvalue weighted by molar-refractivity contribution is -0.140. The smallest absolute Gasteiger partial charge is 0.242 e. The maximum Gasteiger partial charge on any atom is 0.242 e. The standard InChI is InChI=1S/C22H28ClN3O5S/c1-16(22(28)24-13-17-5-9-19(23)10-6-17)26(21(27)15-25(2)32(4,29)30)14-18-7-11-20(31-3)12-8-18/h5-12,16H,13-15H2,1-4H3,(H,24,28). The number of nitrogens with one attached hydrogen (secondary N) is 1. The third kappa shape index (κ3) is 7.51. The molecule has 174 valence electrons. The molecule has 2 aromatic carbocycles. The molecule has 2 amide bonds. The van der Waals surface area contributed by atoms with Gasteiger partial charge in [-0.25, -0.2) is 8.42 Å². The van der Waals surface area contributed by atoms with Crippen LogP contribution in [0.15, 0.2) is 48.5 Å². The van der Waals surface area contributed by atoms with Crippen molar-refractivity contribution in [2.45, 2.75) is 26.1 Å². The van der Waals surface area contributed by atoms with Crippen LogP contribution in [-0.4, -0.2) is 62.4 Å². The largest absolute Gasteiger partial charge is 0.497 e. The number of nitrogens with zero attached hydrogens (tertiary/aromatic N) is 2. The molecule has 0 aliphatic carbocycles. The summed E-state index contributed by atoms with van der Waals surface area (Å²) >= 11 is 5.88. The average Bonchev–Trinajstić information content (AvgIpc) is 2.76. The number of likely N-dealkylation sites (N-methyl/N-ethyl adjacent to an activating group) is 1. The zero-order valence-corrected chi connectivity index (χ0v) is 20.1. The number of carbonyl (C=O) groups is 2. The van der Waals surface area contributed by atoms with Gasteiger partial charge in [-0.3, -0.25) is 9.59 Å². The van der Waals surface area contributed by atoms with Crippen molar-refractivity contribution >= 4 is 33.4 Å². The van der Waals surface area contributed by atoms with E-state index in [0.29, 0.717) is 10.8 Å². The predicted octanol–water partition coefficient (Wildman–Crippen LogP) is 2.27. The van der Waals surface area contributed by atoms with Crippen molar-refractivity contribution in [1.29, 1.82) is 0 Å². The van der Waals surface area contributed by atoms with E-state index in [1.165, 1.54) is 11.9 Å². The summed E-state index contributed by atoms with van der Waals surface area (Å²) in [5.41, 5.74) is 1.64. The number of hydrogen-bond acceptors (Lipinski definition) is 5. The van der Waals surface area contributed by atoms with Crippen molar-refractivity contribution in [2.75, 3.05) is 27.0 Å². The lowest BCUT2D eigenvalue weighted by atomic mass is 10.1. The first-order valence-electron chi connectivity index (χ1n) is 9.87. The van der Waals surface area contributed by atoms with E-state index in [1.54, 1.807) is 62.6 Å². The van der Waals surface area contributed by atoms with Crippen molar-refractivity contribution in [3.05, 3.63) is 64.7 Å². The summed E-state index contributed by atoms with van der Waals surface area (Å²) in [4.78, 5) is 27.2. The Hall–Kier alpha value is -2.62. The minimum absolute atomic E-state index is 0.135. The summed E-state index contributed by atoms with van der Waals surface area (Å²) in [7, 11) is -0.673. The van der Waals surface area contributed by atoms with E-state index in [0.717, 1.165) is 21.7 Å². The van der Waals surface area contributed by atoms with Gasteiger partial charge >= 0.3 is 0 Å². The Kier molecular flexibility index (Phi) is 9.06. The number of hydrogen-bond donors (Lipinski definition) is 1.